The molecule has 1 atom stereocenters. The van der Waals surface area contributed by atoms with Crippen molar-refractivity contribution in [3.8, 4) is 0 Å². The van der Waals surface area contributed by atoms with Crippen LogP contribution in [0.3, 0.4) is 0 Å². The summed E-state index contributed by atoms with van der Waals surface area (Å²) in [7, 11) is 2.07. The van der Waals surface area contributed by atoms with Crippen LogP contribution in [0.1, 0.15) is 40.6 Å². The van der Waals surface area contributed by atoms with E-state index in [1.807, 2.05) is 0 Å². The molecule has 0 aromatic carbocycles. The Bertz CT molecular complexity index is 497. The van der Waals surface area contributed by atoms with E-state index < -0.39 is 5.97 Å². The van der Waals surface area contributed by atoms with Crippen LogP contribution in [0.25, 0.3) is 0 Å². The number of carboxylic acids is 1. The first-order chi connectivity index (χ1) is 9.49. The second-order valence-electron chi connectivity index (χ2n) is 5.19. The van der Waals surface area contributed by atoms with Gasteiger partial charge in [0.1, 0.15) is 5.69 Å². The molecule has 1 heterocycles. The maximum absolute atomic E-state index is 11.9. The van der Waals surface area contributed by atoms with Crippen molar-refractivity contribution in [3.63, 3.8) is 0 Å². The lowest BCUT2D eigenvalue weighted by Crippen LogP contribution is -2.41. The molecule has 1 saturated carbocycles. The number of nitrogens with zero attached hydrogens (tertiary/aromatic N) is 2. The lowest BCUT2D eigenvalue weighted by molar-refractivity contribution is 0.0689. The Hall–Kier alpha value is -1.95. The molecule has 1 amide bonds. The quantitative estimate of drug-likeness (QED) is 0.810. The monoisotopic (exact) mass is 277 g/mol. The number of aromatic carboxylic acids is 1. The van der Waals surface area contributed by atoms with Crippen LogP contribution in [-0.4, -0.2) is 52.5 Å². The first kappa shape index (κ1) is 14.5. The van der Waals surface area contributed by atoms with Crippen molar-refractivity contribution in [2.24, 2.45) is 0 Å². The number of nitrogens with one attached hydrogen (secondary N) is 1. The number of amides is 1. The average Bonchev–Trinajstić information content (AvgIpc) is 3.28. The summed E-state index contributed by atoms with van der Waals surface area (Å²) in [5.41, 5.74) is 0.305. The standard InChI is InChI=1S/C14H19N3O3/c1-9(17(2)11-4-5-11)7-16-13(18)10-3-6-12(14(19)20)15-8-10/h3,6,8-9,11H,4-5,7H2,1-2H3,(H,16,18)(H,19,20). The molecule has 1 unspecified atom stereocenters. The zero-order valence-electron chi connectivity index (χ0n) is 11.7. The predicted molar refractivity (Wildman–Crippen MR) is 73.8 cm³/mol. The van der Waals surface area contributed by atoms with Crippen molar-refractivity contribution in [2.75, 3.05) is 13.6 Å². The van der Waals surface area contributed by atoms with Crippen molar-refractivity contribution in [1.82, 2.24) is 15.2 Å². The van der Waals surface area contributed by atoms with Crippen LogP contribution in [0.5, 0.6) is 0 Å². The second kappa shape index (κ2) is 6.00. The van der Waals surface area contributed by atoms with Gasteiger partial charge in [0.05, 0.1) is 5.56 Å². The van der Waals surface area contributed by atoms with Crippen molar-refractivity contribution < 1.29 is 14.7 Å². The summed E-state index contributed by atoms with van der Waals surface area (Å²) in [4.78, 5) is 28.6. The number of carbonyl (C=O) groups excluding carboxylic acids is 1. The van der Waals surface area contributed by atoms with E-state index in [4.69, 9.17) is 5.11 Å². The molecule has 6 heteroatoms. The van der Waals surface area contributed by atoms with E-state index in [9.17, 15) is 9.59 Å². The molecule has 1 aliphatic carbocycles. The molecule has 0 saturated heterocycles. The lowest BCUT2D eigenvalue weighted by Gasteiger charge is -2.24. The van der Waals surface area contributed by atoms with Gasteiger partial charge in [-0.25, -0.2) is 9.78 Å². The molecule has 2 rings (SSSR count). The second-order valence-corrected chi connectivity index (χ2v) is 5.19. The van der Waals surface area contributed by atoms with Gasteiger partial charge >= 0.3 is 5.97 Å². The molecular weight excluding hydrogens is 258 g/mol. The van der Waals surface area contributed by atoms with Gasteiger partial charge < -0.3 is 10.4 Å². The van der Waals surface area contributed by atoms with Gasteiger partial charge in [-0.2, -0.15) is 0 Å². The highest BCUT2D eigenvalue weighted by Gasteiger charge is 2.29. The highest BCUT2D eigenvalue weighted by atomic mass is 16.4. The molecule has 1 aliphatic rings. The molecule has 0 aliphatic heterocycles. The SMILES string of the molecule is CC(CNC(=O)c1ccc(C(=O)O)nc1)N(C)C1CC1. The van der Waals surface area contributed by atoms with E-state index in [0.29, 0.717) is 18.2 Å². The summed E-state index contributed by atoms with van der Waals surface area (Å²) < 4.78 is 0. The van der Waals surface area contributed by atoms with E-state index in [-0.39, 0.29) is 17.6 Å². The zero-order chi connectivity index (χ0) is 14.7. The van der Waals surface area contributed by atoms with Gasteiger partial charge in [-0.05, 0) is 38.9 Å². The van der Waals surface area contributed by atoms with Gasteiger partial charge in [-0.1, -0.05) is 0 Å². The Morgan fingerprint density at radius 3 is 2.70 bits per heavy atom. The Balaban J connectivity index is 1.86. The summed E-state index contributed by atoms with van der Waals surface area (Å²) in [6.45, 7) is 2.64. The summed E-state index contributed by atoms with van der Waals surface area (Å²) in [5.74, 6) is -1.33. The average molecular weight is 277 g/mol. The van der Waals surface area contributed by atoms with Crippen LogP contribution >= 0.6 is 0 Å². The maximum Gasteiger partial charge on any atom is 0.354 e. The number of pyridine rings is 1. The van der Waals surface area contributed by atoms with Crippen molar-refractivity contribution in [1.29, 1.82) is 0 Å². The van der Waals surface area contributed by atoms with Gasteiger partial charge in [0.2, 0.25) is 0 Å². The van der Waals surface area contributed by atoms with E-state index in [2.05, 4.69) is 29.2 Å². The topological polar surface area (TPSA) is 82.5 Å². The number of aromatic nitrogens is 1. The molecular formula is C14H19N3O3. The molecule has 0 bridgehead atoms. The Morgan fingerprint density at radius 1 is 1.50 bits per heavy atom. The van der Waals surface area contributed by atoms with Gasteiger partial charge in [-0.3, -0.25) is 9.69 Å². The minimum atomic E-state index is -1.10. The van der Waals surface area contributed by atoms with Crippen LogP contribution in [0.2, 0.25) is 0 Å². The first-order valence-electron chi connectivity index (χ1n) is 6.68. The highest BCUT2D eigenvalue weighted by Crippen LogP contribution is 2.26. The van der Waals surface area contributed by atoms with Crippen molar-refractivity contribution in [3.05, 3.63) is 29.6 Å². The molecule has 2 N–H and O–H groups in total. The van der Waals surface area contributed by atoms with Gasteiger partial charge in [0.15, 0.2) is 0 Å². The number of hydrogen-bond donors (Lipinski definition) is 2. The summed E-state index contributed by atoms with van der Waals surface area (Å²) >= 11 is 0. The third-order valence-electron chi connectivity index (χ3n) is 3.62. The molecule has 0 spiro atoms. The van der Waals surface area contributed by atoms with Crippen molar-refractivity contribution in [2.45, 2.75) is 31.8 Å². The highest BCUT2D eigenvalue weighted by molar-refractivity contribution is 5.94. The smallest absolute Gasteiger partial charge is 0.354 e. The molecule has 20 heavy (non-hydrogen) atoms. The third-order valence-corrected chi connectivity index (χ3v) is 3.62. The molecule has 1 aromatic heterocycles. The summed E-state index contributed by atoms with van der Waals surface area (Å²) in [5, 5.41) is 11.6. The van der Waals surface area contributed by atoms with Gasteiger partial charge in [-0.15, -0.1) is 0 Å². The van der Waals surface area contributed by atoms with Crippen LogP contribution in [0.4, 0.5) is 0 Å². The number of carboxylic acid groups (broad SMARTS) is 1. The molecule has 6 nitrogen and oxygen atoms in total. The molecule has 0 radical (unpaired) electrons. The van der Waals surface area contributed by atoms with E-state index in [0.717, 1.165) is 0 Å². The van der Waals surface area contributed by atoms with Crippen LogP contribution in [-0.2, 0) is 0 Å². The first-order valence-corrected chi connectivity index (χ1v) is 6.68. The summed E-state index contributed by atoms with van der Waals surface area (Å²) in [6.07, 6.45) is 3.75. The van der Waals surface area contributed by atoms with Crippen LogP contribution < -0.4 is 5.32 Å². The third kappa shape index (κ3) is 3.54. The normalized spacial score (nSPS) is 15.9. The molecule has 108 valence electrons. The zero-order valence-corrected chi connectivity index (χ0v) is 11.7. The Kier molecular flexibility index (Phi) is 4.34. The molecule has 1 aromatic rings. The van der Waals surface area contributed by atoms with Crippen molar-refractivity contribution >= 4 is 11.9 Å². The lowest BCUT2D eigenvalue weighted by atomic mass is 10.2. The molecule has 1 fully saturated rings. The fraction of sp³-hybridized carbons (Fsp3) is 0.500. The van der Waals surface area contributed by atoms with Gasteiger partial charge in [0, 0.05) is 24.8 Å². The number of hydrogen-bond acceptors (Lipinski definition) is 4. The number of carbonyl (C=O) groups is 2. The minimum absolute atomic E-state index is 0.0663. The summed E-state index contributed by atoms with van der Waals surface area (Å²) in [6, 6.07) is 3.73. The number of likely N-dealkylation sites (N-methyl/N-ethyl adjacent to an activating group) is 1. The largest absolute Gasteiger partial charge is 0.477 e. The van der Waals surface area contributed by atoms with E-state index in [1.165, 1.54) is 31.2 Å². The maximum atomic E-state index is 11.9. The Morgan fingerprint density at radius 2 is 2.20 bits per heavy atom. The van der Waals surface area contributed by atoms with Gasteiger partial charge in [0.25, 0.3) is 5.91 Å². The predicted octanol–water partition coefficient (Wildman–Crippen LogP) is 0.992. The van der Waals surface area contributed by atoms with Crippen LogP contribution in [0.15, 0.2) is 18.3 Å². The van der Waals surface area contributed by atoms with E-state index in [1.54, 1.807) is 0 Å². The van der Waals surface area contributed by atoms with E-state index >= 15 is 0 Å². The fourth-order valence-corrected chi connectivity index (χ4v) is 1.98. The fourth-order valence-electron chi connectivity index (χ4n) is 1.98. The van der Waals surface area contributed by atoms with Crippen LogP contribution in [0, 0.1) is 0 Å². The minimum Gasteiger partial charge on any atom is -0.477 e. The Labute approximate surface area is 117 Å². The number of rotatable bonds is 6.